The molecule has 2 N–H and O–H groups in total. The normalized spacial score (nSPS) is 22.1. The lowest BCUT2D eigenvalue weighted by molar-refractivity contribution is 0.329. The fourth-order valence-corrected chi connectivity index (χ4v) is 3.98. The van der Waals surface area contributed by atoms with Crippen molar-refractivity contribution in [1.29, 1.82) is 0 Å². The Hall–Kier alpha value is -0.980. The summed E-state index contributed by atoms with van der Waals surface area (Å²) in [5.41, 5.74) is 6.77. The Labute approximate surface area is 114 Å². The van der Waals surface area contributed by atoms with Gasteiger partial charge in [0.2, 0.25) is 10.0 Å². The van der Waals surface area contributed by atoms with Gasteiger partial charge in [-0.1, -0.05) is 18.9 Å². The SMILES string of the molecule is NC1CCCCCN1S(=O)(=O)CCc1ccccn1. The van der Waals surface area contributed by atoms with E-state index in [1.807, 2.05) is 18.2 Å². The third-order valence-corrected chi connectivity index (χ3v) is 5.34. The summed E-state index contributed by atoms with van der Waals surface area (Å²) >= 11 is 0. The molecule has 1 atom stereocenters. The molecular weight excluding hydrogens is 262 g/mol. The maximum atomic E-state index is 12.3. The minimum absolute atomic E-state index is 0.0811. The molecule has 5 nitrogen and oxygen atoms in total. The average molecular weight is 283 g/mol. The fourth-order valence-electron chi connectivity index (χ4n) is 2.35. The Morgan fingerprint density at radius 2 is 2.16 bits per heavy atom. The van der Waals surface area contributed by atoms with Crippen molar-refractivity contribution in [1.82, 2.24) is 9.29 Å². The highest BCUT2D eigenvalue weighted by Crippen LogP contribution is 2.17. The Morgan fingerprint density at radius 1 is 1.32 bits per heavy atom. The molecule has 0 bridgehead atoms. The quantitative estimate of drug-likeness (QED) is 0.898. The van der Waals surface area contributed by atoms with Crippen LogP contribution in [0.2, 0.25) is 0 Å². The number of aromatic nitrogens is 1. The van der Waals surface area contributed by atoms with Crippen LogP contribution in [0.1, 0.15) is 31.4 Å². The molecule has 2 rings (SSSR count). The van der Waals surface area contributed by atoms with E-state index in [0.29, 0.717) is 13.0 Å². The van der Waals surface area contributed by atoms with E-state index in [1.165, 1.54) is 4.31 Å². The zero-order valence-electron chi connectivity index (χ0n) is 11.0. The van der Waals surface area contributed by atoms with E-state index in [4.69, 9.17) is 5.73 Å². The summed E-state index contributed by atoms with van der Waals surface area (Å²) < 4.78 is 26.2. The second kappa shape index (κ2) is 6.45. The van der Waals surface area contributed by atoms with E-state index in [1.54, 1.807) is 6.20 Å². The first-order valence-corrected chi connectivity index (χ1v) is 8.35. The number of rotatable bonds is 4. The number of pyridine rings is 1. The van der Waals surface area contributed by atoms with Gasteiger partial charge >= 0.3 is 0 Å². The van der Waals surface area contributed by atoms with Gasteiger partial charge in [-0.25, -0.2) is 8.42 Å². The molecule has 2 heterocycles. The maximum Gasteiger partial charge on any atom is 0.215 e. The molecule has 0 spiro atoms. The van der Waals surface area contributed by atoms with Gasteiger partial charge in [-0.05, 0) is 25.0 Å². The molecule has 1 fully saturated rings. The van der Waals surface area contributed by atoms with Crippen molar-refractivity contribution in [2.75, 3.05) is 12.3 Å². The van der Waals surface area contributed by atoms with Crippen molar-refractivity contribution in [3.63, 3.8) is 0 Å². The Bertz CT molecular complexity index is 490. The molecule has 1 saturated heterocycles. The average Bonchev–Trinajstić information content (AvgIpc) is 2.63. The number of nitrogens with two attached hydrogens (primary N) is 1. The van der Waals surface area contributed by atoms with Gasteiger partial charge in [-0.15, -0.1) is 0 Å². The molecule has 1 aromatic heterocycles. The third-order valence-electron chi connectivity index (χ3n) is 3.45. The zero-order chi connectivity index (χ0) is 13.7. The first kappa shape index (κ1) is 14.4. The molecule has 0 radical (unpaired) electrons. The molecule has 6 heteroatoms. The Kier molecular flexibility index (Phi) is 4.90. The molecular formula is C13H21N3O2S. The summed E-state index contributed by atoms with van der Waals surface area (Å²) in [4.78, 5) is 4.15. The van der Waals surface area contributed by atoms with Crippen LogP contribution in [0.5, 0.6) is 0 Å². The highest BCUT2D eigenvalue weighted by Gasteiger charge is 2.28. The standard InChI is InChI=1S/C13H21N3O2S/c14-13-7-2-1-5-10-16(13)19(17,18)11-8-12-6-3-4-9-15-12/h3-4,6,9,13H,1-2,5,7-8,10-11,14H2. The third kappa shape index (κ3) is 3.99. The van der Waals surface area contributed by atoms with E-state index < -0.39 is 10.0 Å². The van der Waals surface area contributed by atoms with Crippen LogP contribution in [0, 0.1) is 0 Å². The lowest BCUT2D eigenvalue weighted by Gasteiger charge is -2.25. The second-order valence-electron chi connectivity index (χ2n) is 4.91. The number of sulfonamides is 1. The van der Waals surface area contributed by atoms with E-state index in [9.17, 15) is 8.42 Å². The van der Waals surface area contributed by atoms with Gasteiger partial charge in [0.1, 0.15) is 0 Å². The molecule has 0 aliphatic carbocycles. The Balaban J connectivity index is 2.01. The molecule has 1 aliphatic rings. The number of aryl methyl sites for hydroxylation is 1. The predicted molar refractivity (Wildman–Crippen MR) is 74.9 cm³/mol. The molecule has 0 saturated carbocycles. The molecule has 1 unspecified atom stereocenters. The van der Waals surface area contributed by atoms with Gasteiger partial charge < -0.3 is 5.73 Å². The van der Waals surface area contributed by atoms with Crippen LogP contribution in [-0.4, -0.2) is 36.2 Å². The van der Waals surface area contributed by atoms with Gasteiger partial charge in [0.25, 0.3) is 0 Å². The molecule has 106 valence electrons. The van der Waals surface area contributed by atoms with Crippen molar-refractivity contribution < 1.29 is 8.42 Å². The first-order chi connectivity index (χ1) is 9.09. The number of nitrogens with zero attached hydrogens (tertiary/aromatic N) is 2. The topological polar surface area (TPSA) is 76.3 Å². The fraction of sp³-hybridized carbons (Fsp3) is 0.615. The largest absolute Gasteiger partial charge is 0.315 e. The summed E-state index contributed by atoms with van der Waals surface area (Å²) in [7, 11) is -3.29. The van der Waals surface area contributed by atoms with Crippen LogP contribution >= 0.6 is 0 Å². The van der Waals surface area contributed by atoms with Gasteiger partial charge in [0.15, 0.2) is 0 Å². The molecule has 0 amide bonds. The van der Waals surface area contributed by atoms with E-state index in [-0.39, 0.29) is 11.9 Å². The number of hydrogen-bond acceptors (Lipinski definition) is 4. The summed E-state index contributed by atoms with van der Waals surface area (Å²) in [6.07, 6.45) is 5.47. The summed E-state index contributed by atoms with van der Waals surface area (Å²) in [6.45, 7) is 0.547. The van der Waals surface area contributed by atoms with Crippen LogP contribution in [-0.2, 0) is 16.4 Å². The highest BCUT2D eigenvalue weighted by molar-refractivity contribution is 7.89. The molecule has 19 heavy (non-hydrogen) atoms. The van der Waals surface area contributed by atoms with Gasteiger partial charge in [-0.2, -0.15) is 4.31 Å². The van der Waals surface area contributed by atoms with Crippen LogP contribution in [0.15, 0.2) is 24.4 Å². The van der Waals surface area contributed by atoms with E-state index >= 15 is 0 Å². The van der Waals surface area contributed by atoms with Crippen molar-refractivity contribution >= 4 is 10.0 Å². The minimum atomic E-state index is -3.29. The minimum Gasteiger partial charge on any atom is -0.315 e. The maximum absolute atomic E-state index is 12.3. The van der Waals surface area contributed by atoms with Crippen LogP contribution in [0.3, 0.4) is 0 Å². The summed E-state index contributed by atoms with van der Waals surface area (Å²) in [5, 5.41) is 0. The lowest BCUT2D eigenvalue weighted by atomic mass is 10.2. The highest BCUT2D eigenvalue weighted by atomic mass is 32.2. The van der Waals surface area contributed by atoms with E-state index in [2.05, 4.69) is 4.98 Å². The van der Waals surface area contributed by atoms with Gasteiger partial charge in [0.05, 0.1) is 11.9 Å². The van der Waals surface area contributed by atoms with Gasteiger partial charge in [-0.3, -0.25) is 4.98 Å². The van der Waals surface area contributed by atoms with Crippen molar-refractivity contribution in [3.05, 3.63) is 30.1 Å². The molecule has 1 aromatic rings. The first-order valence-electron chi connectivity index (χ1n) is 6.74. The van der Waals surface area contributed by atoms with Gasteiger partial charge in [0, 0.05) is 24.9 Å². The summed E-state index contributed by atoms with van der Waals surface area (Å²) in [5.74, 6) is 0.0811. The van der Waals surface area contributed by atoms with Crippen molar-refractivity contribution in [2.24, 2.45) is 5.73 Å². The van der Waals surface area contributed by atoms with Crippen molar-refractivity contribution in [2.45, 2.75) is 38.3 Å². The lowest BCUT2D eigenvalue weighted by Crippen LogP contribution is -2.46. The van der Waals surface area contributed by atoms with Crippen LogP contribution in [0.25, 0.3) is 0 Å². The van der Waals surface area contributed by atoms with Crippen LogP contribution < -0.4 is 5.73 Å². The van der Waals surface area contributed by atoms with E-state index in [0.717, 1.165) is 31.4 Å². The molecule has 0 aromatic carbocycles. The molecule has 1 aliphatic heterocycles. The predicted octanol–water partition coefficient (Wildman–Crippen LogP) is 1.11. The Morgan fingerprint density at radius 3 is 2.89 bits per heavy atom. The van der Waals surface area contributed by atoms with Crippen LogP contribution in [0.4, 0.5) is 0 Å². The summed E-state index contributed by atoms with van der Waals surface area (Å²) in [6, 6.07) is 5.53. The second-order valence-corrected chi connectivity index (χ2v) is 6.96. The monoisotopic (exact) mass is 283 g/mol. The smallest absolute Gasteiger partial charge is 0.215 e. The number of hydrogen-bond donors (Lipinski definition) is 1. The van der Waals surface area contributed by atoms with Crippen molar-refractivity contribution in [3.8, 4) is 0 Å². The zero-order valence-corrected chi connectivity index (χ0v) is 11.8.